The molecule has 0 aliphatic rings. The van der Waals surface area contributed by atoms with Crippen LogP contribution < -0.4 is 5.32 Å². The van der Waals surface area contributed by atoms with Crippen molar-refractivity contribution in [3.63, 3.8) is 0 Å². The molecule has 0 aliphatic carbocycles. The largest absolute Gasteiger partial charge is 0.411 e. The lowest BCUT2D eigenvalue weighted by Gasteiger charge is -2.11. The molecule has 2 aromatic carbocycles. The van der Waals surface area contributed by atoms with Crippen LogP contribution in [0, 0.1) is 0 Å². The number of halogens is 1. The molecule has 0 fully saturated rings. The van der Waals surface area contributed by atoms with Crippen molar-refractivity contribution in [1.82, 2.24) is 0 Å². The maximum absolute atomic E-state index is 12.3. The second-order valence-corrected chi connectivity index (χ2v) is 5.02. The predicted molar refractivity (Wildman–Crippen MR) is 82.5 cm³/mol. The summed E-state index contributed by atoms with van der Waals surface area (Å²) in [6, 6.07) is 14.4. The summed E-state index contributed by atoms with van der Waals surface area (Å²) in [6.45, 7) is 1.67. The molecule has 0 saturated carbocycles. The van der Waals surface area contributed by atoms with Gasteiger partial charge in [-0.2, -0.15) is 0 Å². The van der Waals surface area contributed by atoms with Crippen LogP contribution in [0.4, 0.5) is 5.69 Å². The van der Waals surface area contributed by atoms with Gasteiger partial charge in [-0.1, -0.05) is 35.5 Å². The first-order valence-electron chi connectivity index (χ1n) is 5.97. The summed E-state index contributed by atoms with van der Waals surface area (Å²) in [5.41, 5.74) is 2.26. The van der Waals surface area contributed by atoms with Crippen molar-refractivity contribution in [3.05, 3.63) is 64.1 Å². The Balaban J connectivity index is 2.32. The molecule has 0 bridgehead atoms. The topological polar surface area (TPSA) is 61.7 Å². The molecule has 2 aromatic rings. The highest BCUT2D eigenvalue weighted by atomic mass is 79.9. The average molecular weight is 333 g/mol. The van der Waals surface area contributed by atoms with E-state index in [4.69, 9.17) is 5.21 Å². The predicted octanol–water partition coefficient (Wildman–Crippen LogP) is 3.90. The van der Waals surface area contributed by atoms with Crippen LogP contribution >= 0.6 is 15.9 Å². The average Bonchev–Trinajstić information content (AvgIpc) is 2.47. The second kappa shape index (κ2) is 6.34. The monoisotopic (exact) mass is 332 g/mol. The Morgan fingerprint density at radius 2 is 1.70 bits per heavy atom. The van der Waals surface area contributed by atoms with Gasteiger partial charge in [0, 0.05) is 10.0 Å². The summed E-state index contributed by atoms with van der Waals surface area (Å²) in [4.78, 5) is 12.3. The molecule has 0 radical (unpaired) electrons. The Morgan fingerprint density at radius 3 is 2.35 bits per heavy atom. The third kappa shape index (κ3) is 3.05. The fraction of sp³-hybridized carbons (Fsp3) is 0.0667. The Bertz CT molecular complexity index is 668. The van der Waals surface area contributed by atoms with Crippen molar-refractivity contribution in [2.45, 2.75) is 6.92 Å². The van der Waals surface area contributed by atoms with Crippen molar-refractivity contribution < 1.29 is 10.0 Å². The van der Waals surface area contributed by atoms with E-state index in [2.05, 4.69) is 26.4 Å². The number of para-hydroxylation sites is 1. The lowest BCUT2D eigenvalue weighted by Crippen LogP contribution is -2.15. The highest BCUT2D eigenvalue weighted by Gasteiger charge is 2.12. The number of hydrogen-bond donors (Lipinski definition) is 2. The van der Waals surface area contributed by atoms with Gasteiger partial charge in [-0.3, -0.25) is 4.79 Å². The number of benzene rings is 2. The third-order valence-electron chi connectivity index (χ3n) is 2.83. The van der Waals surface area contributed by atoms with Gasteiger partial charge in [0.25, 0.3) is 5.91 Å². The van der Waals surface area contributed by atoms with E-state index in [0.29, 0.717) is 22.5 Å². The lowest BCUT2D eigenvalue weighted by molar-refractivity contribution is 0.102. The quantitative estimate of drug-likeness (QED) is 0.508. The summed E-state index contributed by atoms with van der Waals surface area (Å²) in [6.07, 6.45) is 0. The fourth-order valence-corrected chi connectivity index (χ4v) is 2.26. The number of carbonyl (C=O) groups is 1. The number of oxime groups is 1. The van der Waals surface area contributed by atoms with Crippen molar-refractivity contribution >= 4 is 33.2 Å². The number of anilines is 1. The third-order valence-corrected chi connectivity index (χ3v) is 3.53. The molecule has 5 heteroatoms. The minimum atomic E-state index is -0.226. The Morgan fingerprint density at radius 1 is 1.10 bits per heavy atom. The number of nitrogens with one attached hydrogen (secondary N) is 1. The van der Waals surface area contributed by atoms with Gasteiger partial charge in [-0.05, 0) is 41.1 Å². The minimum absolute atomic E-state index is 0.226. The molecule has 0 aromatic heterocycles. The summed E-state index contributed by atoms with van der Waals surface area (Å²) >= 11 is 3.35. The van der Waals surface area contributed by atoms with E-state index in [0.717, 1.165) is 4.47 Å². The normalized spacial score (nSPS) is 11.2. The van der Waals surface area contributed by atoms with Crippen LogP contribution in [-0.2, 0) is 0 Å². The molecule has 0 aliphatic heterocycles. The first kappa shape index (κ1) is 14.3. The molecule has 102 valence electrons. The molecular formula is C15H13BrN2O2. The second-order valence-electron chi connectivity index (χ2n) is 4.16. The molecule has 0 saturated heterocycles. The van der Waals surface area contributed by atoms with Gasteiger partial charge >= 0.3 is 0 Å². The van der Waals surface area contributed by atoms with E-state index in [-0.39, 0.29) is 5.91 Å². The van der Waals surface area contributed by atoms with Gasteiger partial charge in [-0.15, -0.1) is 0 Å². The fourth-order valence-electron chi connectivity index (χ4n) is 1.80. The van der Waals surface area contributed by atoms with Crippen molar-refractivity contribution in [1.29, 1.82) is 0 Å². The lowest BCUT2D eigenvalue weighted by atomic mass is 10.1. The SMILES string of the molecule is C/C(=N\O)c1ccccc1NC(=O)c1ccccc1Br. The molecule has 1 amide bonds. The maximum atomic E-state index is 12.3. The van der Waals surface area contributed by atoms with E-state index in [1.165, 1.54) is 0 Å². The van der Waals surface area contributed by atoms with Gasteiger partial charge in [-0.25, -0.2) is 0 Å². The van der Waals surface area contributed by atoms with E-state index in [1.54, 1.807) is 37.3 Å². The number of carbonyl (C=O) groups excluding carboxylic acids is 1. The highest BCUT2D eigenvalue weighted by Crippen LogP contribution is 2.20. The van der Waals surface area contributed by atoms with Crippen LogP contribution in [0.5, 0.6) is 0 Å². The molecule has 4 nitrogen and oxygen atoms in total. The van der Waals surface area contributed by atoms with Crippen LogP contribution in [-0.4, -0.2) is 16.8 Å². The van der Waals surface area contributed by atoms with Crippen LogP contribution in [0.2, 0.25) is 0 Å². The number of hydrogen-bond acceptors (Lipinski definition) is 3. The van der Waals surface area contributed by atoms with Gasteiger partial charge in [0.2, 0.25) is 0 Å². The van der Waals surface area contributed by atoms with Crippen molar-refractivity contribution in [3.8, 4) is 0 Å². The molecule has 0 heterocycles. The van der Waals surface area contributed by atoms with E-state index in [9.17, 15) is 4.79 Å². The zero-order valence-corrected chi connectivity index (χ0v) is 12.4. The maximum Gasteiger partial charge on any atom is 0.256 e. The van der Waals surface area contributed by atoms with Crippen LogP contribution in [0.1, 0.15) is 22.8 Å². The van der Waals surface area contributed by atoms with Crippen LogP contribution in [0.25, 0.3) is 0 Å². The van der Waals surface area contributed by atoms with E-state index < -0.39 is 0 Å². The summed E-state index contributed by atoms with van der Waals surface area (Å²) in [5, 5.41) is 14.9. The Hall–Kier alpha value is -2.14. The number of rotatable bonds is 3. The molecule has 0 unspecified atom stereocenters. The van der Waals surface area contributed by atoms with Crippen LogP contribution in [0.15, 0.2) is 58.2 Å². The summed E-state index contributed by atoms with van der Waals surface area (Å²) in [5.74, 6) is -0.226. The minimum Gasteiger partial charge on any atom is -0.411 e. The summed E-state index contributed by atoms with van der Waals surface area (Å²) < 4.78 is 0.725. The summed E-state index contributed by atoms with van der Waals surface area (Å²) in [7, 11) is 0. The first-order chi connectivity index (χ1) is 9.63. The number of amides is 1. The highest BCUT2D eigenvalue weighted by molar-refractivity contribution is 9.10. The van der Waals surface area contributed by atoms with E-state index >= 15 is 0 Å². The molecule has 2 N–H and O–H groups in total. The standard InChI is InChI=1S/C15H13BrN2O2/c1-10(18-20)11-6-3-5-9-14(11)17-15(19)12-7-2-4-8-13(12)16/h2-9,20H,1H3,(H,17,19)/b18-10+. The number of nitrogens with zero attached hydrogens (tertiary/aromatic N) is 1. The zero-order chi connectivity index (χ0) is 14.5. The molecular weight excluding hydrogens is 320 g/mol. The van der Waals surface area contributed by atoms with Gasteiger partial charge in [0.1, 0.15) is 0 Å². The van der Waals surface area contributed by atoms with Crippen molar-refractivity contribution in [2.75, 3.05) is 5.32 Å². The zero-order valence-electron chi connectivity index (χ0n) is 10.8. The van der Waals surface area contributed by atoms with Gasteiger partial charge < -0.3 is 10.5 Å². The molecule has 0 spiro atoms. The first-order valence-corrected chi connectivity index (χ1v) is 6.76. The molecule has 2 rings (SSSR count). The molecule has 0 atom stereocenters. The molecule has 20 heavy (non-hydrogen) atoms. The van der Waals surface area contributed by atoms with Crippen molar-refractivity contribution in [2.24, 2.45) is 5.16 Å². The Kier molecular flexibility index (Phi) is 4.53. The smallest absolute Gasteiger partial charge is 0.256 e. The van der Waals surface area contributed by atoms with E-state index in [1.807, 2.05) is 18.2 Å². The van der Waals surface area contributed by atoms with Gasteiger partial charge in [0.05, 0.1) is 17.0 Å². The van der Waals surface area contributed by atoms with Crippen LogP contribution in [0.3, 0.4) is 0 Å². The Labute approximate surface area is 125 Å². The van der Waals surface area contributed by atoms with Gasteiger partial charge in [0.15, 0.2) is 0 Å².